The summed E-state index contributed by atoms with van der Waals surface area (Å²) >= 11 is 0. The maximum atomic E-state index is 5.36. The Morgan fingerprint density at radius 3 is 2.65 bits per heavy atom. The molecule has 0 aliphatic carbocycles. The quantitative estimate of drug-likeness (QED) is 0.762. The van der Waals surface area contributed by atoms with Gasteiger partial charge in [0.2, 0.25) is 0 Å². The van der Waals surface area contributed by atoms with E-state index in [1.54, 1.807) is 14.2 Å². The van der Waals surface area contributed by atoms with E-state index in [9.17, 15) is 0 Å². The molecule has 0 saturated carbocycles. The first-order valence-corrected chi connectivity index (χ1v) is 8.34. The van der Waals surface area contributed by atoms with E-state index in [1.165, 1.54) is 0 Å². The number of hydrogen-bond acceptors (Lipinski definition) is 5. The Morgan fingerprint density at radius 1 is 1.08 bits per heavy atom. The third-order valence-electron chi connectivity index (χ3n) is 4.53. The van der Waals surface area contributed by atoms with Crippen LogP contribution in [0.15, 0.2) is 47.6 Å². The molecule has 1 aromatic carbocycles. The topological polar surface area (TPSA) is 60.7 Å². The van der Waals surface area contributed by atoms with Gasteiger partial charge in [-0.05, 0) is 18.2 Å². The number of aromatic nitrogens is 2. The minimum Gasteiger partial charge on any atom is -0.493 e. The van der Waals surface area contributed by atoms with Crippen molar-refractivity contribution < 1.29 is 9.47 Å². The van der Waals surface area contributed by atoms with Crippen LogP contribution in [0.25, 0.3) is 16.5 Å². The number of ether oxygens (including phenoxy) is 2. The van der Waals surface area contributed by atoms with Crippen LogP contribution in [0.5, 0.6) is 11.5 Å². The summed E-state index contributed by atoms with van der Waals surface area (Å²) < 4.78 is 12.8. The fourth-order valence-electron chi connectivity index (χ4n) is 3.16. The van der Waals surface area contributed by atoms with E-state index in [0.29, 0.717) is 11.5 Å². The Morgan fingerprint density at radius 2 is 1.92 bits per heavy atom. The van der Waals surface area contributed by atoms with Crippen LogP contribution in [0.2, 0.25) is 0 Å². The molecule has 3 aromatic rings. The molecule has 1 aliphatic rings. The van der Waals surface area contributed by atoms with Gasteiger partial charge in [-0.2, -0.15) is 0 Å². The Balaban J connectivity index is 1.67. The van der Waals surface area contributed by atoms with Crippen molar-refractivity contribution in [3.05, 3.63) is 48.3 Å². The number of aliphatic imine (C=N–C) groups is 1. The Kier molecular flexibility index (Phi) is 4.08. The summed E-state index contributed by atoms with van der Waals surface area (Å²) in [4.78, 5) is 8.81. The van der Waals surface area contributed by atoms with Gasteiger partial charge >= 0.3 is 0 Å². The average molecular weight is 348 g/mol. The van der Waals surface area contributed by atoms with Gasteiger partial charge in [0.05, 0.1) is 32.0 Å². The molecule has 3 heterocycles. The van der Waals surface area contributed by atoms with Crippen LogP contribution in [0.3, 0.4) is 0 Å². The smallest absolute Gasteiger partial charge is 0.162 e. The molecule has 0 unspecified atom stereocenters. The second-order valence-electron chi connectivity index (χ2n) is 6.07. The summed E-state index contributed by atoms with van der Waals surface area (Å²) in [5, 5.41) is 4.43. The molecule has 6 heteroatoms. The highest BCUT2D eigenvalue weighted by molar-refractivity contribution is 6.12. The van der Waals surface area contributed by atoms with Crippen molar-refractivity contribution >= 4 is 34.2 Å². The molecule has 0 radical (unpaired) electrons. The van der Waals surface area contributed by atoms with Gasteiger partial charge in [0.1, 0.15) is 5.82 Å². The van der Waals surface area contributed by atoms with Crippen molar-refractivity contribution in [2.75, 3.05) is 26.1 Å². The molecule has 0 fully saturated rings. The van der Waals surface area contributed by atoms with Crippen molar-refractivity contribution in [1.29, 1.82) is 0 Å². The first kappa shape index (κ1) is 16.2. The number of benzene rings is 1. The van der Waals surface area contributed by atoms with E-state index < -0.39 is 0 Å². The highest BCUT2D eigenvalue weighted by Gasteiger charge is 2.12. The van der Waals surface area contributed by atoms with E-state index in [2.05, 4.69) is 39.1 Å². The summed E-state index contributed by atoms with van der Waals surface area (Å²) in [7, 11) is 5.31. The van der Waals surface area contributed by atoms with Gasteiger partial charge in [-0.15, -0.1) is 0 Å². The molecule has 4 rings (SSSR count). The second-order valence-corrected chi connectivity index (χ2v) is 6.07. The minimum absolute atomic E-state index is 0.673. The monoisotopic (exact) mass is 348 g/mol. The third kappa shape index (κ3) is 2.79. The van der Waals surface area contributed by atoms with E-state index >= 15 is 0 Å². The lowest BCUT2D eigenvalue weighted by Crippen LogP contribution is -1.98. The van der Waals surface area contributed by atoms with E-state index in [4.69, 9.17) is 9.47 Å². The number of hydrogen-bond donors (Lipinski definition) is 1. The predicted molar refractivity (Wildman–Crippen MR) is 105 cm³/mol. The summed E-state index contributed by atoms with van der Waals surface area (Å²) in [6, 6.07) is 9.88. The van der Waals surface area contributed by atoms with Crippen molar-refractivity contribution in [3.8, 4) is 11.5 Å². The van der Waals surface area contributed by atoms with Crippen LogP contribution in [-0.2, 0) is 7.05 Å². The largest absolute Gasteiger partial charge is 0.493 e. The van der Waals surface area contributed by atoms with Crippen LogP contribution < -0.4 is 14.8 Å². The molecule has 6 nitrogen and oxygen atoms in total. The van der Waals surface area contributed by atoms with Crippen LogP contribution in [-0.4, -0.2) is 36.5 Å². The molecule has 26 heavy (non-hydrogen) atoms. The number of methoxy groups -OCH3 is 2. The lowest BCUT2D eigenvalue weighted by atomic mass is 10.2. The Hall–Kier alpha value is -3.28. The molecule has 0 atom stereocenters. The lowest BCUT2D eigenvalue weighted by Gasteiger charge is -2.11. The summed E-state index contributed by atoms with van der Waals surface area (Å²) in [5.41, 5.74) is 4.29. The fourth-order valence-corrected chi connectivity index (χ4v) is 3.16. The molecule has 0 amide bonds. The Labute approximate surface area is 151 Å². The number of nitrogens with one attached hydrogen (secondary N) is 1. The normalized spacial score (nSPS) is 13.1. The number of fused-ring (bicyclic) bond motifs is 1. The highest BCUT2D eigenvalue weighted by Crippen LogP contribution is 2.32. The van der Waals surface area contributed by atoms with Gasteiger partial charge in [0, 0.05) is 48.2 Å². The van der Waals surface area contributed by atoms with E-state index in [1.807, 2.05) is 36.7 Å². The van der Waals surface area contributed by atoms with Crippen molar-refractivity contribution in [3.63, 3.8) is 0 Å². The molecule has 0 spiro atoms. The Bertz CT molecular complexity index is 1030. The molecule has 1 N–H and O–H groups in total. The van der Waals surface area contributed by atoms with Gasteiger partial charge in [0.25, 0.3) is 0 Å². The number of allylic oxidation sites excluding steroid dienone is 1. The SMILES string of the molecule is COc1ccc(Nc2cc3c(cn2)cc(C2=CCN=C2)n3C)cc1OC. The van der Waals surface area contributed by atoms with Gasteiger partial charge in [0.15, 0.2) is 11.5 Å². The van der Waals surface area contributed by atoms with Gasteiger partial charge in [-0.25, -0.2) is 4.98 Å². The zero-order chi connectivity index (χ0) is 18.1. The summed E-state index contributed by atoms with van der Waals surface area (Å²) in [6.07, 6.45) is 5.93. The van der Waals surface area contributed by atoms with Crippen LogP contribution in [0, 0.1) is 0 Å². The van der Waals surface area contributed by atoms with Crippen molar-refractivity contribution in [1.82, 2.24) is 9.55 Å². The first-order valence-electron chi connectivity index (χ1n) is 8.34. The van der Waals surface area contributed by atoms with Gasteiger partial charge in [-0.3, -0.25) is 4.99 Å². The third-order valence-corrected chi connectivity index (χ3v) is 4.53. The molecule has 132 valence electrons. The maximum absolute atomic E-state index is 5.36. The zero-order valence-corrected chi connectivity index (χ0v) is 15.0. The van der Waals surface area contributed by atoms with Crippen LogP contribution in [0.4, 0.5) is 11.5 Å². The first-order chi connectivity index (χ1) is 12.7. The lowest BCUT2D eigenvalue weighted by molar-refractivity contribution is 0.355. The van der Waals surface area contributed by atoms with Crippen molar-refractivity contribution in [2.45, 2.75) is 0 Å². The highest BCUT2D eigenvalue weighted by atomic mass is 16.5. The number of anilines is 2. The number of pyridine rings is 1. The van der Waals surface area contributed by atoms with Crippen LogP contribution >= 0.6 is 0 Å². The molecule has 1 aliphatic heterocycles. The number of nitrogens with zero attached hydrogens (tertiary/aromatic N) is 3. The standard InChI is InChI=1S/C20H20N4O2/c1-24-16(13-6-7-21-11-13)8-14-12-22-20(10-17(14)24)23-15-4-5-18(25-2)19(9-15)26-3/h4-6,8-12H,7H2,1-3H3,(H,22,23). The fraction of sp³-hybridized carbons (Fsp3) is 0.200. The minimum atomic E-state index is 0.673. The molecule has 2 aromatic heterocycles. The van der Waals surface area contributed by atoms with Crippen molar-refractivity contribution in [2.24, 2.45) is 12.0 Å². The van der Waals surface area contributed by atoms with E-state index in [-0.39, 0.29) is 0 Å². The molecule has 0 bridgehead atoms. The average Bonchev–Trinajstić information content (AvgIpc) is 3.30. The van der Waals surface area contributed by atoms with Crippen LogP contribution in [0.1, 0.15) is 5.69 Å². The van der Waals surface area contributed by atoms with Gasteiger partial charge < -0.3 is 19.4 Å². The molecular formula is C20H20N4O2. The number of aryl methyl sites for hydroxylation is 1. The maximum Gasteiger partial charge on any atom is 0.162 e. The zero-order valence-electron chi connectivity index (χ0n) is 15.0. The second kappa shape index (κ2) is 6.55. The van der Waals surface area contributed by atoms with Gasteiger partial charge in [-0.1, -0.05) is 6.08 Å². The molecule has 0 saturated heterocycles. The summed E-state index contributed by atoms with van der Waals surface area (Å²) in [5.74, 6) is 2.14. The number of rotatable bonds is 5. The summed E-state index contributed by atoms with van der Waals surface area (Å²) in [6.45, 7) is 0.751. The van der Waals surface area contributed by atoms with E-state index in [0.717, 1.165) is 40.2 Å². The molecular weight excluding hydrogens is 328 g/mol. The predicted octanol–water partition coefficient (Wildman–Crippen LogP) is 3.80.